The molecule has 2 saturated heterocycles. The molecule has 148 valence electrons. The van der Waals surface area contributed by atoms with E-state index < -0.39 is 0 Å². The molecule has 3 fully saturated rings. The average molecular weight is 374 g/mol. The van der Waals surface area contributed by atoms with Gasteiger partial charge in [-0.15, -0.1) is 0 Å². The van der Waals surface area contributed by atoms with Gasteiger partial charge in [0.05, 0.1) is 24.8 Å². The van der Waals surface area contributed by atoms with Gasteiger partial charge in [0.25, 0.3) is 0 Å². The quantitative estimate of drug-likeness (QED) is 0.879. The van der Waals surface area contributed by atoms with Crippen molar-refractivity contribution in [3.63, 3.8) is 0 Å². The van der Waals surface area contributed by atoms with Gasteiger partial charge in [-0.1, -0.05) is 19.3 Å². The van der Waals surface area contributed by atoms with Crippen LogP contribution >= 0.6 is 0 Å². The van der Waals surface area contributed by atoms with Crippen LogP contribution in [0.25, 0.3) is 0 Å². The molecule has 1 aliphatic carbocycles. The van der Waals surface area contributed by atoms with E-state index in [0.717, 1.165) is 51.0 Å². The third kappa shape index (κ3) is 4.18. The summed E-state index contributed by atoms with van der Waals surface area (Å²) in [6.07, 6.45) is 10.0. The lowest BCUT2D eigenvalue weighted by atomic mass is 9.87. The van der Waals surface area contributed by atoms with Crippen molar-refractivity contribution >= 4 is 17.6 Å². The molecule has 0 bridgehead atoms. The molecule has 3 heterocycles. The van der Waals surface area contributed by atoms with Crippen LogP contribution in [-0.2, 0) is 14.3 Å². The Morgan fingerprint density at radius 1 is 1.04 bits per heavy atom. The standard InChI is InChI=1S/C20H30N4O3/c25-19(16-9-13-27-14-16)22-18-6-10-21-24(18)17-7-11-23(12-8-17)20(26)15-4-2-1-3-5-15/h6,10,15-17H,1-5,7-9,11-14H2,(H,22,25). The highest BCUT2D eigenvalue weighted by Gasteiger charge is 2.31. The van der Waals surface area contributed by atoms with Crippen LogP contribution in [0.4, 0.5) is 5.82 Å². The molecule has 7 heteroatoms. The third-order valence-corrected chi connectivity index (χ3v) is 6.30. The molecule has 0 aromatic carbocycles. The number of likely N-dealkylation sites (tertiary alicyclic amines) is 1. The first kappa shape index (κ1) is 18.5. The number of carbonyl (C=O) groups is 2. The molecular weight excluding hydrogens is 344 g/mol. The summed E-state index contributed by atoms with van der Waals surface area (Å²) in [5.41, 5.74) is 0. The van der Waals surface area contributed by atoms with Gasteiger partial charge >= 0.3 is 0 Å². The first-order valence-corrected chi connectivity index (χ1v) is 10.4. The minimum atomic E-state index is -0.0664. The summed E-state index contributed by atoms with van der Waals surface area (Å²) in [4.78, 5) is 27.2. The summed E-state index contributed by atoms with van der Waals surface area (Å²) in [5.74, 6) is 1.29. The largest absolute Gasteiger partial charge is 0.381 e. The highest BCUT2D eigenvalue weighted by atomic mass is 16.5. The summed E-state index contributed by atoms with van der Waals surface area (Å²) < 4.78 is 7.23. The lowest BCUT2D eigenvalue weighted by Crippen LogP contribution is -2.43. The Morgan fingerprint density at radius 2 is 1.81 bits per heavy atom. The summed E-state index contributed by atoms with van der Waals surface area (Å²) in [6, 6.07) is 2.08. The van der Waals surface area contributed by atoms with Crippen LogP contribution in [0.3, 0.4) is 0 Å². The first-order valence-electron chi connectivity index (χ1n) is 10.4. The fourth-order valence-electron chi connectivity index (χ4n) is 4.61. The molecule has 27 heavy (non-hydrogen) atoms. The number of amides is 2. The van der Waals surface area contributed by atoms with Gasteiger partial charge in [-0.2, -0.15) is 5.10 Å². The number of aromatic nitrogens is 2. The van der Waals surface area contributed by atoms with E-state index in [-0.39, 0.29) is 23.8 Å². The maximum Gasteiger partial charge on any atom is 0.231 e. The van der Waals surface area contributed by atoms with Crippen molar-refractivity contribution < 1.29 is 14.3 Å². The van der Waals surface area contributed by atoms with E-state index in [2.05, 4.69) is 10.4 Å². The van der Waals surface area contributed by atoms with E-state index in [1.54, 1.807) is 6.20 Å². The van der Waals surface area contributed by atoms with Crippen molar-refractivity contribution in [2.45, 2.75) is 57.4 Å². The predicted molar refractivity (Wildman–Crippen MR) is 101 cm³/mol. The lowest BCUT2D eigenvalue weighted by molar-refractivity contribution is -0.137. The number of rotatable bonds is 4. The maximum atomic E-state index is 12.7. The lowest BCUT2D eigenvalue weighted by Gasteiger charge is -2.35. The van der Waals surface area contributed by atoms with Crippen molar-refractivity contribution in [2.24, 2.45) is 11.8 Å². The molecule has 2 amide bonds. The molecule has 1 atom stereocenters. The second kappa shape index (κ2) is 8.42. The molecule has 1 N–H and O–H groups in total. The van der Waals surface area contributed by atoms with E-state index in [1.807, 2.05) is 15.6 Å². The summed E-state index contributed by atoms with van der Waals surface area (Å²) in [7, 11) is 0. The van der Waals surface area contributed by atoms with Crippen molar-refractivity contribution in [2.75, 3.05) is 31.6 Å². The normalized spacial score (nSPS) is 24.9. The zero-order valence-electron chi connectivity index (χ0n) is 15.9. The van der Waals surface area contributed by atoms with Crippen LogP contribution in [0.2, 0.25) is 0 Å². The predicted octanol–water partition coefficient (Wildman–Crippen LogP) is 2.60. The minimum Gasteiger partial charge on any atom is -0.381 e. The third-order valence-electron chi connectivity index (χ3n) is 6.30. The SMILES string of the molecule is O=C(Nc1ccnn1C1CCN(C(=O)C2CCCCC2)CC1)C1CCOC1. The van der Waals surface area contributed by atoms with Gasteiger partial charge in [0.1, 0.15) is 5.82 Å². The Labute approximate surface area is 160 Å². The van der Waals surface area contributed by atoms with Crippen LogP contribution in [-0.4, -0.2) is 52.8 Å². The van der Waals surface area contributed by atoms with Crippen molar-refractivity contribution in [1.29, 1.82) is 0 Å². The molecule has 1 aromatic rings. The highest BCUT2D eigenvalue weighted by Crippen LogP contribution is 2.30. The smallest absolute Gasteiger partial charge is 0.231 e. The van der Waals surface area contributed by atoms with Crippen molar-refractivity contribution in [1.82, 2.24) is 14.7 Å². The van der Waals surface area contributed by atoms with Crippen LogP contribution in [0, 0.1) is 11.8 Å². The van der Waals surface area contributed by atoms with Crippen LogP contribution < -0.4 is 5.32 Å². The highest BCUT2D eigenvalue weighted by molar-refractivity contribution is 5.92. The van der Waals surface area contributed by atoms with E-state index >= 15 is 0 Å². The van der Waals surface area contributed by atoms with Crippen molar-refractivity contribution in [3.05, 3.63) is 12.3 Å². The summed E-state index contributed by atoms with van der Waals surface area (Å²) in [5, 5.41) is 7.46. The van der Waals surface area contributed by atoms with E-state index in [9.17, 15) is 9.59 Å². The van der Waals surface area contributed by atoms with Gasteiger partial charge in [-0.3, -0.25) is 9.59 Å². The number of piperidine rings is 1. The number of hydrogen-bond acceptors (Lipinski definition) is 4. The van der Waals surface area contributed by atoms with E-state index in [1.165, 1.54) is 19.3 Å². The van der Waals surface area contributed by atoms with Gasteiger partial charge < -0.3 is 15.0 Å². The van der Waals surface area contributed by atoms with Gasteiger partial charge in [-0.05, 0) is 32.1 Å². The summed E-state index contributed by atoms with van der Waals surface area (Å²) in [6.45, 7) is 2.72. The number of hydrogen-bond donors (Lipinski definition) is 1. The molecule has 2 aliphatic heterocycles. The molecule has 4 rings (SSSR count). The Bertz CT molecular complexity index is 654. The van der Waals surface area contributed by atoms with Gasteiger partial charge in [-0.25, -0.2) is 4.68 Å². The Balaban J connectivity index is 1.32. The van der Waals surface area contributed by atoms with Gasteiger partial charge in [0.2, 0.25) is 11.8 Å². The van der Waals surface area contributed by atoms with E-state index in [0.29, 0.717) is 19.1 Å². The van der Waals surface area contributed by atoms with Crippen LogP contribution in [0.1, 0.15) is 57.4 Å². The molecule has 7 nitrogen and oxygen atoms in total. The number of nitrogens with one attached hydrogen (secondary N) is 1. The van der Waals surface area contributed by atoms with Crippen LogP contribution in [0.5, 0.6) is 0 Å². The van der Waals surface area contributed by atoms with E-state index in [4.69, 9.17) is 4.74 Å². The summed E-state index contributed by atoms with van der Waals surface area (Å²) >= 11 is 0. The molecule has 0 radical (unpaired) electrons. The Morgan fingerprint density at radius 3 is 2.52 bits per heavy atom. The molecule has 1 aromatic heterocycles. The van der Waals surface area contributed by atoms with Gasteiger partial charge in [0, 0.05) is 31.7 Å². The monoisotopic (exact) mass is 374 g/mol. The molecule has 0 spiro atoms. The topological polar surface area (TPSA) is 76.5 Å². The Kier molecular flexibility index (Phi) is 5.76. The minimum absolute atomic E-state index is 0.0131. The molecule has 3 aliphatic rings. The van der Waals surface area contributed by atoms with Gasteiger partial charge in [0.15, 0.2) is 0 Å². The molecule has 1 unspecified atom stereocenters. The molecular formula is C20H30N4O3. The fourth-order valence-corrected chi connectivity index (χ4v) is 4.61. The van der Waals surface area contributed by atoms with Crippen molar-refractivity contribution in [3.8, 4) is 0 Å². The number of carbonyl (C=O) groups excluding carboxylic acids is 2. The second-order valence-corrected chi connectivity index (χ2v) is 8.10. The zero-order chi connectivity index (χ0) is 18.6. The zero-order valence-corrected chi connectivity index (χ0v) is 15.9. The maximum absolute atomic E-state index is 12.7. The number of nitrogens with zero attached hydrogens (tertiary/aromatic N) is 3. The average Bonchev–Trinajstić information content (AvgIpc) is 3.40. The molecule has 1 saturated carbocycles. The second-order valence-electron chi connectivity index (χ2n) is 8.10. The van der Waals surface area contributed by atoms with Crippen LogP contribution in [0.15, 0.2) is 12.3 Å². The number of ether oxygens (including phenoxy) is 1. The first-order chi connectivity index (χ1) is 13.2. The Hall–Kier alpha value is -1.89. The number of anilines is 1. The fraction of sp³-hybridized carbons (Fsp3) is 0.750.